The van der Waals surface area contributed by atoms with Crippen LogP contribution in [0, 0.1) is 5.41 Å². The quantitative estimate of drug-likeness (QED) is 0.178. The second-order valence-corrected chi connectivity index (χ2v) is 12.7. The van der Waals surface area contributed by atoms with Gasteiger partial charge in [0.25, 0.3) is 0 Å². The van der Waals surface area contributed by atoms with Crippen molar-refractivity contribution in [1.82, 2.24) is 4.57 Å². The molecule has 4 heteroatoms. The average molecular weight is 686 g/mol. The normalized spacial score (nSPS) is 13.2. The molecule has 4 nitrogen and oxygen atoms in total. The minimum absolute atomic E-state index is 0.566. The summed E-state index contributed by atoms with van der Waals surface area (Å²) in [7, 11) is 0. The van der Waals surface area contributed by atoms with Gasteiger partial charge in [0, 0.05) is 33.3 Å². The van der Waals surface area contributed by atoms with Crippen molar-refractivity contribution >= 4 is 50.1 Å². The third-order valence-electron chi connectivity index (χ3n) is 9.61. The first-order chi connectivity index (χ1) is 26.1. The molecule has 2 heterocycles. The summed E-state index contributed by atoms with van der Waals surface area (Å²) < 4.78 is 9.21. The van der Waals surface area contributed by atoms with Crippen molar-refractivity contribution in [3.8, 4) is 39.4 Å². The Kier molecular flexibility index (Phi) is 9.02. The molecular formula is C49H39N3O. The zero-order valence-electron chi connectivity index (χ0n) is 29.8. The van der Waals surface area contributed by atoms with Gasteiger partial charge in [0.1, 0.15) is 5.75 Å². The Morgan fingerprint density at radius 3 is 2.02 bits per heavy atom. The summed E-state index contributed by atoms with van der Waals surface area (Å²) in [5, 5.41) is 12.5. The standard InChI is InChI=1S/C34H22N2O.C13H11N.C2H6/c35-22-14-16-23(17-15-22)36-30-20-13-21-7-1-2-8-24(21)32(30)29-19-18-28-26-10-4-3-9-25(26)27-11-5-6-12-31(27)37-34(28)33(29)36;14-13-9-5-4-8-12(13)10-11-6-2-1-3-7-11;1-2/h1-20H,35H2;1-10,14H;1-2H3/b;12-10+,14-13?;. The van der Waals surface area contributed by atoms with Gasteiger partial charge >= 0.3 is 0 Å². The van der Waals surface area contributed by atoms with Gasteiger partial charge in [-0.3, -0.25) is 0 Å². The van der Waals surface area contributed by atoms with Crippen LogP contribution in [-0.2, 0) is 0 Å². The van der Waals surface area contributed by atoms with Gasteiger partial charge in [0.15, 0.2) is 5.75 Å². The van der Waals surface area contributed by atoms with Crippen molar-refractivity contribution in [1.29, 1.82) is 5.41 Å². The lowest BCUT2D eigenvalue weighted by molar-refractivity contribution is 0.491. The number of hydrogen-bond donors (Lipinski definition) is 2. The van der Waals surface area contributed by atoms with Crippen molar-refractivity contribution in [2.24, 2.45) is 0 Å². The molecular weight excluding hydrogens is 647 g/mol. The van der Waals surface area contributed by atoms with E-state index in [4.69, 9.17) is 15.9 Å². The third-order valence-corrected chi connectivity index (χ3v) is 9.61. The van der Waals surface area contributed by atoms with E-state index in [0.717, 1.165) is 56.2 Å². The van der Waals surface area contributed by atoms with E-state index in [0.29, 0.717) is 5.71 Å². The summed E-state index contributed by atoms with van der Waals surface area (Å²) in [6.07, 6.45) is 9.60. The van der Waals surface area contributed by atoms with Crippen LogP contribution in [0.2, 0.25) is 0 Å². The molecule has 0 radical (unpaired) electrons. The van der Waals surface area contributed by atoms with Crippen LogP contribution >= 0.6 is 0 Å². The molecule has 0 bridgehead atoms. The monoisotopic (exact) mass is 685 g/mol. The summed E-state index contributed by atoms with van der Waals surface area (Å²) in [6.45, 7) is 4.00. The highest BCUT2D eigenvalue weighted by Crippen LogP contribution is 2.51. The van der Waals surface area contributed by atoms with Crippen LogP contribution < -0.4 is 10.5 Å². The van der Waals surface area contributed by atoms with E-state index in [1.807, 2.05) is 86.7 Å². The van der Waals surface area contributed by atoms with E-state index < -0.39 is 0 Å². The Balaban J connectivity index is 0.000000210. The molecule has 7 aromatic carbocycles. The number of para-hydroxylation sites is 1. The number of ether oxygens (including phenoxy) is 1. The lowest BCUT2D eigenvalue weighted by Crippen LogP contribution is -1.97. The number of benzene rings is 7. The van der Waals surface area contributed by atoms with E-state index in [-0.39, 0.29) is 0 Å². The predicted octanol–water partition coefficient (Wildman–Crippen LogP) is 13.2. The summed E-state index contributed by atoms with van der Waals surface area (Å²) in [6, 6.07) is 52.5. The molecule has 0 unspecified atom stereocenters. The molecule has 0 saturated carbocycles. The topological polar surface area (TPSA) is 64.0 Å². The summed E-state index contributed by atoms with van der Waals surface area (Å²) in [5.74, 6) is 1.73. The van der Waals surface area contributed by atoms with Gasteiger partial charge in [-0.1, -0.05) is 141 Å². The van der Waals surface area contributed by atoms with Crippen LogP contribution in [-0.4, -0.2) is 10.3 Å². The summed E-state index contributed by atoms with van der Waals surface area (Å²) >= 11 is 0. The number of nitrogens with one attached hydrogen (secondary N) is 1. The number of rotatable bonds is 2. The molecule has 0 atom stereocenters. The molecule has 8 aromatic rings. The van der Waals surface area contributed by atoms with Crippen molar-refractivity contribution in [3.05, 3.63) is 187 Å². The van der Waals surface area contributed by atoms with Gasteiger partial charge < -0.3 is 20.4 Å². The lowest BCUT2D eigenvalue weighted by Gasteiger charge is -2.15. The minimum atomic E-state index is 0.566. The Bertz CT molecular complexity index is 2730. The van der Waals surface area contributed by atoms with E-state index in [1.165, 1.54) is 32.7 Å². The fraction of sp³-hybridized carbons (Fsp3) is 0.0408. The maximum Gasteiger partial charge on any atom is 0.159 e. The van der Waals surface area contributed by atoms with Crippen LogP contribution in [0.25, 0.3) is 66.6 Å². The SMILES string of the molecule is CC.N=C1C=CC=C/C1=C\c1ccccc1.Nc1ccc(-n2c3ccc4ccccc4c3c3ccc4c(c32)Oc2ccccc2-c2ccccc2-4)cc1. The number of nitrogen functional groups attached to an aromatic ring is 1. The Morgan fingerprint density at radius 2 is 1.25 bits per heavy atom. The number of aromatic nitrogens is 1. The molecule has 1 aliphatic carbocycles. The molecule has 0 spiro atoms. The molecule has 256 valence electrons. The van der Waals surface area contributed by atoms with Crippen molar-refractivity contribution in [2.45, 2.75) is 13.8 Å². The number of anilines is 1. The van der Waals surface area contributed by atoms with Crippen LogP contribution in [0.5, 0.6) is 11.5 Å². The average Bonchev–Trinajstić information content (AvgIpc) is 3.48. The Hall–Kier alpha value is -6.91. The van der Waals surface area contributed by atoms with Crippen molar-refractivity contribution < 1.29 is 4.74 Å². The maximum atomic E-state index is 7.69. The molecule has 1 aromatic heterocycles. The Labute approximate surface area is 309 Å². The van der Waals surface area contributed by atoms with Gasteiger partial charge in [-0.15, -0.1) is 0 Å². The first-order valence-corrected chi connectivity index (χ1v) is 18.1. The summed E-state index contributed by atoms with van der Waals surface area (Å²) in [5.41, 5.74) is 17.3. The van der Waals surface area contributed by atoms with E-state index >= 15 is 0 Å². The molecule has 1 aliphatic heterocycles. The smallest absolute Gasteiger partial charge is 0.159 e. The van der Waals surface area contributed by atoms with Crippen molar-refractivity contribution in [3.63, 3.8) is 0 Å². The predicted molar refractivity (Wildman–Crippen MR) is 225 cm³/mol. The highest BCUT2D eigenvalue weighted by Gasteiger charge is 2.26. The van der Waals surface area contributed by atoms with Crippen molar-refractivity contribution in [2.75, 3.05) is 5.73 Å². The molecule has 53 heavy (non-hydrogen) atoms. The highest BCUT2D eigenvalue weighted by atomic mass is 16.5. The molecule has 2 aliphatic rings. The molecule has 0 fully saturated rings. The van der Waals surface area contributed by atoms with Gasteiger partial charge in [-0.05, 0) is 87.7 Å². The first-order valence-electron chi connectivity index (χ1n) is 18.1. The summed E-state index contributed by atoms with van der Waals surface area (Å²) in [4.78, 5) is 0. The van der Waals surface area contributed by atoms with Gasteiger partial charge in [0.05, 0.1) is 16.7 Å². The number of nitrogens with two attached hydrogens (primary N) is 1. The Morgan fingerprint density at radius 1 is 0.585 bits per heavy atom. The lowest BCUT2D eigenvalue weighted by atomic mass is 9.94. The first kappa shape index (κ1) is 33.2. The molecule has 0 amide bonds. The fourth-order valence-corrected chi connectivity index (χ4v) is 7.24. The number of nitrogens with zero attached hydrogens (tertiary/aromatic N) is 1. The van der Waals surface area contributed by atoms with Crippen LogP contribution in [0.3, 0.4) is 0 Å². The molecule has 10 rings (SSSR count). The zero-order chi connectivity index (χ0) is 36.3. The zero-order valence-corrected chi connectivity index (χ0v) is 29.8. The van der Waals surface area contributed by atoms with E-state index in [1.54, 1.807) is 6.08 Å². The number of fused-ring (bicyclic) bond motifs is 11. The van der Waals surface area contributed by atoms with Crippen LogP contribution in [0.1, 0.15) is 19.4 Å². The number of hydrogen-bond acceptors (Lipinski definition) is 3. The number of allylic oxidation sites excluding steroid dienone is 5. The van der Waals surface area contributed by atoms with Gasteiger partial charge in [-0.25, -0.2) is 0 Å². The van der Waals surface area contributed by atoms with Crippen LogP contribution in [0.15, 0.2) is 182 Å². The van der Waals surface area contributed by atoms with E-state index in [2.05, 4.69) is 108 Å². The third kappa shape index (κ3) is 6.11. The molecule has 0 saturated heterocycles. The minimum Gasteiger partial charge on any atom is -0.454 e. The second-order valence-electron chi connectivity index (χ2n) is 12.7. The second kappa shape index (κ2) is 14.4. The fourth-order valence-electron chi connectivity index (χ4n) is 7.24. The maximum absolute atomic E-state index is 7.69. The molecule has 3 N–H and O–H groups in total. The van der Waals surface area contributed by atoms with E-state index in [9.17, 15) is 0 Å². The highest BCUT2D eigenvalue weighted by molar-refractivity contribution is 6.23. The largest absolute Gasteiger partial charge is 0.454 e. The van der Waals surface area contributed by atoms with Gasteiger partial charge in [0.2, 0.25) is 0 Å². The van der Waals surface area contributed by atoms with Gasteiger partial charge in [-0.2, -0.15) is 0 Å². The van der Waals surface area contributed by atoms with Crippen LogP contribution in [0.4, 0.5) is 5.69 Å².